The number of hydrogen-bond donors (Lipinski definition) is 1. The Kier molecular flexibility index (Phi) is 4.58. The summed E-state index contributed by atoms with van der Waals surface area (Å²) >= 11 is 0. The van der Waals surface area contributed by atoms with Crippen LogP contribution in [0.25, 0.3) is 5.52 Å². The van der Waals surface area contributed by atoms with Gasteiger partial charge in [-0.05, 0) is 51.7 Å². The number of likely N-dealkylation sites (tertiary alicyclic amines) is 1. The second-order valence-corrected chi connectivity index (χ2v) is 7.60. The maximum atomic E-state index is 12.2. The lowest BCUT2D eigenvalue weighted by atomic mass is 9.93. The van der Waals surface area contributed by atoms with E-state index in [0.29, 0.717) is 24.8 Å². The SMILES string of the molecule is CCc1cc(C2CCN(C(=O)OC(C)(C)C)CC2)n2ncnc(N)c12. The van der Waals surface area contributed by atoms with Gasteiger partial charge in [0.1, 0.15) is 17.4 Å². The van der Waals surface area contributed by atoms with E-state index in [1.54, 1.807) is 4.90 Å². The Labute approximate surface area is 148 Å². The summed E-state index contributed by atoms with van der Waals surface area (Å²) in [6, 6.07) is 2.19. The maximum Gasteiger partial charge on any atom is 0.410 e. The molecule has 2 aromatic rings. The molecule has 2 aromatic heterocycles. The first-order valence-electron chi connectivity index (χ1n) is 8.89. The molecule has 0 unspecified atom stereocenters. The minimum absolute atomic E-state index is 0.230. The van der Waals surface area contributed by atoms with E-state index in [1.807, 2.05) is 25.3 Å². The van der Waals surface area contributed by atoms with Crippen LogP contribution in [0.1, 0.15) is 57.7 Å². The number of nitrogens with zero attached hydrogens (tertiary/aromatic N) is 4. The predicted octanol–water partition coefficient (Wildman–Crippen LogP) is 2.99. The van der Waals surface area contributed by atoms with Gasteiger partial charge in [-0.3, -0.25) is 0 Å². The molecule has 1 aliphatic rings. The highest BCUT2D eigenvalue weighted by Crippen LogP contribution is 2.32. The van der Waals surface area contributed by atoms with Crippen LogP contribution in [0, 0.1) is 0 Å². The molecule has 0 bridgehead atoms. The molecule has 1 aliphatic heterocycles. The minimum Gasteiger partial charge on any atom is -0.444 e. The molecular formula is C18H27N5O2. The van der Waals surface area contributed by atoms with E-state index in [1.165, 1.54) is 11.9 Å². The topological polar surface area (TPSA) is 85.8 Å². The largest absolute Gasteiger partial charge is 0.444 e. The van der Waals surface area contributed by atoms with Gasteiger partial charge in [0, 0.05) is 24.7 Å². The predicted molar refractivity (Wildman–Crippen MR) is 96.6 cm³/mol. The molecule has 0 saturated carbocycles. The number of fused-ring (bicyclic) bond motifs is 1. The molecule has 0 atom stereocenters. The molecule has 1 saturated heterocycles. The smallest absolute Gasteiger partial charge is 0.410 e. The monoisotopic (exact) mass is 345 g/mol. The Morgan fingerprint density at radius 2 is 2.04 bits per heavy atom. The van der Waals surface area contributed by atoms with Crippen LogP contribution in [0.5, 0.6) is 0 Å². The van der Waals surface area contributed by atoms with Gasteiger partial charge in [0.2, 0.25) is 0 Å². The number of rotatable bonds is 2. The van der Waals surface area contributed by atoms with Crippen molar-refractivity contribution in [2.24, 2.45) is 0 Å². The molecule has 1 fully saturated rings. The van der Waals surface area contributed by atoms with E-state index in [0.717, 1.165) is 30.5 Å². The summed E-state index contributed by atoms with van der Waals surface area (Å²) in [6.45, 7) is 9.16. The van der Waals surface area contributed by atoms with Crippen LogP contribution in [0.15, 0.2) is 12.4 Å². The highest BCUT2D eigenvalue weighted by Gasteiger charge is 2.29. The highest BCUT2D eigenvalue weighted by atomic mass is 16.6. The van der Waals surface area contributed by atoms with Gasteiger partial charge >= 0.3 is 6.09 Å². The number of ether oxygens (including phenoxy) is 1. The zero-order valence-electron chi connectivity index (χ0n) is 15.5. The van der Waals surface area contributed by atoms with E-state index < -0.39 is 5.60 Å². The number of aromatic nitrogens is 3. The summed E-state index contributed by atoms with van der Waals surface area (Å²) in [5.41, 5.74) is 8.83. The summed E-state index contributed by atoms with van der Waals surface area (Å²) in [6.07, 6.45) is 3.93. The van der Waals surface area contributed by atoms with Crippen molar-refractivity contribution in [3.63, 3.8) is 0 Å². The molecule has 3 heterocycles. The molecule has 0 aliphatic carbocycles. The number of hydrogen-bond acceptors (Lipinski definition) is 5. The van der Waals surface area contributed by atoms with E-state index >= 15 is 0 Å². The van der Waals surface area contributed by atoms with Crippen LogP contribution in [0.4, 0.5) is 10.6 Å². The number of nitrogens with two attached hydrogens (primary N) is 1. The second-order valence-electron chi connectivity index (χ2n) is 7.60. The van der Waals surface area contributed by atoms with Crippen LogP contribution in [0.3, 0.4) is 0 Å². The summed E-state index contributed by atoms with van der Waals surface area (Å²) in [5.74, 6) is 0.866. The third-order valence-corrected chi connectivity index (χ3v) is 4.64. The standard InChI is InChI=1S/C18H27N5O2/c1-5-12-10-14(23-15(12)16(19)20-11-21-23)13-6-8-22(9-7-13)17(24)25-18(2,3)4/h10-11,13H,5-9H2,1-4H3,(H2,19,20,21). The van der Waals surface area contributed by atoms with Gasteiger partial charge in [0.15, 0.2) is 5.82 Å². The molecule has 7 heteroatoms. The van der Waals surface area contributed by atoms with E-state index in [4.69, 9.17) is 10.5 Å². The fourth-order valence-corrected chi connectivity index (χ4v) is 3.42. The van der Waals surface area contributed by atoms with Crippen molar-refractivity contribution in [2.75, 3.05) is 18.8 Å². The first-order chi connectivity index (χ1) is 11.8. The number of piperidine rings is 1. The second kappa shape index (κ2) is 6.54. The van der Waals surface area contributed by atoms with Crippen molar-refractivity contribution in [2.45, 2.75) is 58.5 Å². The molecule has 136 valence electrons. The van der Waals surface area contributed by atoms with Crippen molar-refractivity contribution in [1.82, 2.24) is 19.5 Å². The lowest BCUT2D eigenvalue weighted by Gasteiger charge is -2.33. The van der Waals surface area contributed by atoms with Crippen LogP contribution >= 0.6 is 0 Å². The van der Waals surface area contributed by atoms with Crippen molar-refractivity contribution in [1.29, 1.82) is 0 Å². The molecule has 7 nitrogen and oxygen atoms in total. The van der Waals surface area contributed by atoms with Crippen LogP contribution in [-0.2, 0) is 11.2 Å². The number of nitrogen functional groups attached to an aromatic ring is 1. The Bertz CT molecular complexity index is 770. The normalized spacial score (nSPS) is 16.4. The first-order valence-corrected chi connectivity index (χ1v) is 8.89. The van der Waals surface area contributed by atoms with Crippen molar-refractivity contribution >= 4 is 17.4 Å². The lowest BCUT2D eigenvalue weighted by molar-refractivity contribution is 0.0203. The zero-order chi connectivity index (χ0) is 18.2. The Morgan fingerprint density at radius 1 is 1.36 bits per heavy atom. The van der Waals surface area contributed by atoms with Crippen LogP contribution < -0.4 is 5.73 Å². The van der Waals surface area contributed by atoms with Crippen molar-refractivity contribution in [3.8, 4) is 0 Å². The number of carbonyl (C=O) groups is 1. The van der Waals surface area contributed by atoms with Gasteiger partial charge in [-0.25, -0.2) is 14.3 Å². The summed E-state index contributed by atoms with van der Waals surface area (Å²) < 4.78 is 7.40. The van der Waals surface area contributed by atoms with Crippen LogP contribution in [-0.4, -0.2) is 44.3 Å². The van der Waals surface area contributed by atoms with Gasteiger partial charge in [-0.1, -0.05) is 6.92 Å². The van der Waals surface area contributed by atoms with Gasteiger partial charge < -0.3 is 15.4 Å². The number of aryl methyl sites for hydroxylation is 1. The van der Waals surface area contributed by atoms with Crippen LogP contribution in [0.2, 0.25) is 0 Å². The summed E-state index contributed by atoms with van der Waals surface area (Å²) in [4.78, 5) is 18.1. The molecule has 0 radical (unpaired) electrons. The molecule has 1 amide bonds. The van der Waals surface area contributed by atoms with Gasteiger partial charge in [0.25, 0.3) is 0 Å². The van der Waals surface area contributed by atoms with Gasteiger partial charge in [-0.2, -0.15) is 5.10 Å². The Morgan fingerprint density at radius 3 is 2.64 bits per heavy atom. The minimum atomic E-state index is -0.462. The average Bonchev–Trinajstić information content (AvgIpc) is 2.93. The fourth-order valence-electron chi connectivity index (χ4n) is 3.42. The molecular weight excluding hydrogens is 318 g/mol. The third-order valence-electron chi connectivity index (χ3n) is 4.64. The first kappa shape index (κ1) is 17.5. The Hall–Kier alpha value is -2.31. The quantitative estimate of drug-likeness (QED) is 0.904. The fraction of sp³-hybridized carbons (Fsp3) is 0.611. The molecule has 25 heavy (non-hydrogen) atoms. The van der Waals surface area contributed by atoms with Crippen molar-refractivity contribution < 1.29 is 9.53 Å². The van der Waals surface area contributed by atoms with E-state index in [-0.39, 0.29) is 6.09 Å². The number of carbonyl (C=O) groups excluding carboxylic acids is 1. The third kappa shape index (κ3) is 3.55. The van der Waals surface area contributed by atoms with E-state index in [2.05, 4.69) is 23.1 Å². The number of anilines is 1. The average molecular weight is 345 g/mol. The van der Waals surface area contributed by atoms with Gasteiger partial charge in [0.05, 0.1) is 0 Å². The molecule has 2 N–H and O–H groups in total. The number of amides is 1. The lowest BCUT2D eigenvalue weighted by Crippen LogP contribution is -2.41. The Balaban J connectivity index is 1.77. The molecule has 0 aromatic carbocycles. The summed E-state index contributed by atoms with van der Waals surface area (Å²) in [7, 11) is 0. The molecule has 0 spiro atoms. The summed E-state index contributed by atoms with van der Waals surface area (Å²) in [5, 5.41) is 4.41. The zero-order valence-corrected chi connectivity index (χ0v) is 15.5. The van der Waals surface area contributed by atoms with Crippen molar-refractivity contribution in [3.05, 3.63) is 23.7 Å². The van der Waals surface area contributed by atoms with E-state index in [9.17, 15) is 4.79 Å². The van der Waals surface area contributed by atoms with Gasteiger partial charge in [-0.15, -0.1) is 0 Å². The highest BCUT2D eigenvalue weighted by molar-refractivity contribution is 5.71. The maximum absolute atomic E-state index is 12.2. The molecule has 3 rings (SSSR count).